The number of benzene rings is 5. The zero-order valence-electron chi connectivity index (χ0n) is 19.2. The molecule has 0 radical (unpaired) electrons. The highest BCUT2D eigenvalue weighted by molar-refractivity contribution is 7.99. The van der Waals surface area contributed by atoms with Gasteiger partial charge in [0.15, 0.2) is 0 Å². The fourth-order valence-corrected chi connectivity index (χ4v) is 7.70. The number of hydrogen-bond donors (Lipinski definition) is 2. The maximum absolute atomic E-state index is 3.68. The van der Waals surface area contributed by atoms with Crippen LogP contribution in [0.1, 0.15) is 23.6 Å². The van der Waals surface area contributed by atoms with Gasteiger partial charge in [-0.1, -0.05) is 84.6 Å². The first-order valence-corrected chi connectivity index (χ1v) is 12.9. The minimum atomic E-state index is -0.297. The molecule has 0 bridgehead atoms. The fraction of sp³-hybridized carbons (Fsp3) is 0.0625. The van der Waals surface area contributed by atoms with Gasteiger partial charge < -0.3 is 9.97 Å². The molecule has 35 heavy (non-hydrogen) atoms. The highest BCUT2D eigenvalue weighted by Gasteiger charge is 2.41. The zero-order chi connectivity index (χ0) is 23.1. The molecule has 0 amide bonds. The summed E-state index contributed by atoms with van der Waals surface area (Å²) in [6, 6.07) is 37.6. The molecule has 0 saturated heterocycles. The molecule has 2 N–H and O–H groups in total. The van der Waals surface area contributed by atoms with Gasteiger partial charge in [-0.25, -0.2) is 0 Å². The molecule has 7 aromatic rings. The monoisotopic (exact) mass is 466 g/mol. The lowest BCUT2D eigenvalue weighted by Gasteiger charge is -2.39. The van der Waals surface area contributed by atoms with Crippen LogP contribution in [0.4, 0.5) is 0 Å². The third kappa shape index (κ3) is 2.46. The van der Waals surface area contributed by atoms with Crippen LogP contribution in [-0.2, 0) is 5.41 Å². The quantitative estimate of drug-likeness (QED) is 0.249. The summed E-state index contributed by atoms with van der Waals surface area (Å²) < 4.78 is 0. The van der Waals surface area contributed by atoms with E-state index in [1.807, 2.05) is 11.8 Å². The molecule has 2 aromatic heterocycles. The van der Waals surface area contributed by atoms with Crippen molar-refractivity contribution in [3.8, 4) is 0 Å². The van der Waals surface area contributed by atoms with Crippen LogP contribution < -0.4 is 0 Å². The maximum atomic E-state index is 3.68. The van der Waals surface area contributed by atoms with Gasteiger partial charge in [-0.3, -0.25) is 0 Å². The van der Waals surface area contributed by atoms with Gasteiger partial charge in [-0.15, -0.1) is 0 Å². The molecular weight excluding hydrogens is 444 g/mol. The van der Waals surface area contributed by atoms with Gasteiger partial charge in [0.25, 0.3) is 0 Å². The topological polar surface area (TPSA) is 31.6 Å². The Hall–Kier alpha value is -3.95. The first-order valence-electron chi connectivity index (χ1n) is 12.0. The van der Waals surface area contributed by atoms with Crippen LogP contribution in [0.3, 0.4) is 0 Å². The van der Waals surface area contributed by atoms with Crippen molar-refractivity contribution in [2.75, 3.05) is 0 Å². The lowest BCUT2D eigenvalue weighted by molar-refractivity contribution is 0.665. The van der Waals surface area contributed by atoms with Crippen LogP contribution in [-0.4, -0.2) is 9.97 Å². The summed E-state index contributed by atoms with van der Waals surface area (Å²) in [7, 11) is 0. The predicted octanol–water partition coefficient (Wildman–Crippen LogP) is 8.77. The summed E-state index contributed by atoms with van der Waals surface area (Å²) in [6.07, 6.45) is 0. The van der Waals surface area contributed by atoms with Crippen molar-refractivity contribution in [3.05, 3.63) is 120 Å². The molecule has 0 fully saturated rings. The van der Waals surface area contributed by atoms with E-state index >= 15 is 0 Å². The maximum Gasteiger partial charge on any atom is 0.0476 e. The van der Waals surface area contributed by atoms with Crippen molar-refractivity contribution >= 4 is 55.4 Å². The molecule has 2 nitrogen and oxygen atoms in total. The predicted molar refractivity (Wildman–Crippen MR) is 148 cm³/mol. The van der Waals surface area contributed by atoms with Gasteiger partial charge in [0.2, 0.25) is 0 Å². The largest absolute Gasteiger partial charge is 0.355 e. The summed E-state index contributed by atoms with van der Waals surface area (Å²) in [4.78, 5) is 10.0. The Bertz CT molecular complexity index is 1940. The molecular formula is C32H22N2S. The normalized spacial score (nSPS) is 17.3. The Morgan fingerprint density at radius 2 is 1.17 bits per heavy atom. The molecule has 1 aliphatic rings. The Labute approximate surface area is 207 Å². The fourth-order valence-electron chi connectivity index (χ4n) is 6.23. The molecule has 8 rings (SSSR count). The number of nitrogens with one attached hydrogen (secondary N) is 2. The molecule has 0 aliphatic carbocycles. The summed E-state index contributed by atoms with van der Waals surface area (Å²) >= 11 is 1.92. The first-order chi connectivity index (χ1) is 17.2. The first kappa shape index (κ1) is 19.4. The number of H-pyrrole nitrogens is 2. The van der Waals surface area contributed by atoms with E-state index in [1.54, 1.807) is 0 Å². The van der Waals surface area contributed by atoms with E-state index in [2.05, 4.69) is 120 Å². The molecule has 5 aromatic carbocycles. The van der Waals surface area contributed by atoms with Crippen LogP contribution in [0.5, 0.6) is 0 Å². The number of hydrogen-bond acceptors (Lipinski definition) is 1. The van der Waals surface area contributed by atoms with Crippen molar-refractivity contribution in [1.29, 1.82) is 0 Å². The van der Waals surface area contributed by atoms with E-state index in [0.717, 1.165) is 0 Å². The second kappa shape index (κ2) is 6.80. The van der Waals surface area contributed by atoms with Crippen LogP contribution in [0, 0.1) is 0 Å². The second-order valence-electron chi connectivity index (χ2n) is 9.66. The lowest BCUT2D eigenvalue weighted by atomic mass is 9.69. The van der Waals surface area contributed by atoms with Crippen LogP contribution in [0.15, 0.2) is 113 Å². The smallest absolute Gasteiger partial charge is 0.0476 e. The summed E-state index contributed by atoms with van der Waals surface area (Å²) in [5.74, 6) is 0. The minimum absolute atomic E-state index is 0.297. The van der Waals surface area contributed by atoms with E-state index < -0.39 is 0 Å². The highest BCUT2D eigenvalue weighted by atomic mass is 32.2. The van der Waals surface area contributed by atoms with Crippen LogP contribution in [0.25, 0.3) is 43.6 Å². The SMILES string of the molecule is CC1(c2ccccc2)c2ccc3[nH]c4ccccc4c3c2Sc2ccc3[nH]c4ccccc4c3c21. The van der Waals surface area contributed by atoms with Gasteiger partial charge in [-0.05, 0) is 53.9 Å². The Morgan fingerprint density at radius 1 is 0.571 bits per heavy atom. The number of para-hydroxylation sites is 2. The molecule has 0 saturated carbocycles. The Kier molecular flexibility index (Phi) is 3.76. The van der Waals surface area contributed by atoms with Crippen LogP contribution in [0.2, 0.25) is 0 Å². The molecule has 1 unspecified atom stereocenters. The van der Waals surface area contributed by atoms with E-state index in [1.165, 1.54) is 70.1 Å². The lowest BCUT2D eigenvalue weighted by Crippen LogP contribution is -2.29. The standard InChI is InChI=1S/C32H22N2S/c1-32(19-9-3-2-4-10-19)22-15-16-26-29(21-12-6-8-14-24(21)34-26)31(22)35-27-18-17-25-28(30(27)32)20-11-5-7-13-23(20)33-25/h2-18,33-34H,1H3. The molecule has 1 atom stereocenters. The van der Waals surface area contributed by atoms with Gasteiger partial charge in [0.1, 0.15) is 0 Å². The zero-order valence-corrected chi connectivity index (χ0v) is 20.0. The molecule has 3 heterocycles. The minimum Gasteiger partial charge on any atom is -0.355 e. The van der Waals surface area contributed by atoms with Crippen molar-refractivity contribution in [3.63, 3.8) is 0 Å². The highest BCUT2D eigenvalue weighted by Crippen LogP contribution is 2.57. The molecule has 3 heteroatoms. The number of rotatable bonds is 1. The third-order valence-electron chi connectivity index (χ3n) is 7.86. The number of aromatic nitrogens is 2. The van der Waals surface area contributed by atoms with Gasteiger partial charge in [-0.2, -0.15) is 0 Å². The van der Waals surface area contributed by atoms with Crippen LogP contribution >= 0.6 is 11.8 Å². The van der Waals surface area contributed by atoms with Crippen molar-refractivity contribution in [2.24, 2.45) is 0 Å². The van der Waals surface area contributed by atoms with Gasteiger partial charge in [0, 0.05) is 58.8 Å². The van der Waals surface area contributed by atoms with Gasteiger partial charge in [0.05, 0.1) is 0 Å². The summed E-state index contributed by atoms with van der Waals surface area (Å²) in [5.41, 5.74) is 8.57. The molecule has 1 aliphatic heterocycles. The van der Waals surface area contributed by atoms with E-state index in [-0.39, 0.29) is 5.41 Å². The van der Waals surface area contributed by atoms with E-state index in [9.17, 15) is 0 Å². The summed E-state index contributed by atoms with van der Waals surface area (Å²) in [6.45, 7) is 2.42. The van der Waals surface area contributed by atoms with Gasteiger partial charge >= 0.3 is 0 Å². The van der Waals surface area contributed by atoms with Crippen molar-refractivity contribution < 1.29 is 0 Å². The molecule has 166 valence electrons. The third-order valence-corrected chi connectivity index (χ3v) is 9.05. The Balaban J connectivity index is 1.57. The average molecular weight is 467 g/mol. The van der Waals surface area contributed by atoms with Crippen molar-refractivity contribution in [2.45, 2.75) is 22.1 Å². The summed E-state index contributed by atoms with van der Waals surface area (Å²) in [5, 5.41) is 5.24. The Morgan fingerprint density at radius 3 is 1.91 bits per heavy atom. The second-order valence-corrected chi connectivity index (χ2v) is 10.7. The molecule has 0 spiro atoms. The number of aromatic amines is 2. The number of fused-ring (bicyclic) bond motifs is 10. The van der Waals surface area contributed by atoms with Crippen molar-refractivity contribution in [1.82, 2.24) is 9.97 Å². The van der Waals surface area contributed by atoms with E-state index in [4.69, 9.17) is 0 Å². The average Bonchev–Trinajstić information content (AvgIpc) is 3.47. The van der Waals surface area contributed by atoms with E-state index in [0.29, 0.717) is 0 Å².